The molecule has 2 heteroatoms. The smallest absolute Gasteiger partial charge is 0.140 e. The van der Waals surface area contributed by atoms with Crippen LogP contribution in [0.2, 0.25) is 0 Å². The molecule has 0 aliphatic heterocycles. The summed E-state index contributed by atoms with van der Waals surface area (Å²) in [7, 11) is 0. The molecule has 4 unspecified atom stereocenters. The summed E-state index contributed by atoms with van der Waals surface area (Å²) in [6.45, 7) is 0. The number of hydrogen-bond acceptors (Lipinski definition) is 2. The number of rotatable bonds is 1. The van der Waals surface area contributed by atoms with Gasteiger partial charge in [-0.3, -0.25) is 4.79 Å². The van der Waals surface area contributed by atoms with Gasteiger partial charge < -0.3 is 4.79 Å². The maximum atomic E-state index is 11.6. The van der Waals surface area contributed by atoms with Gasteiger partial charge in [0, 0.05) is 17.3 Å². The lowest BCUT2D eigenvalue weighted by atomic mass is 9.77. The van der Waals surface area contributed by atoms with Crippen molar-refractivity contribution in [2.45, 2.75) is 25.7 Å². The van der Waals surface area contributed by atoms with E-state index in [4.69, 9.17) is 0 Å². The minimum Gasteiger partial charge on any atom is -0.303 e. The zero-order valence-electron chi connectivity index (χ0n) is 6.95. The molecule has 0 aromatic heterocycles. The van der Waals surface area contributed by atoms with Gasteiger partial charge in [-0.25, -0.2) is 0 Å². The standard InChI is InChI=1S/C10H12O2/c11-5-10-3-6-1-7(4-10)9(12)8(10)2-6/h5-8H,1-4H2. The van der Waals surface area contributed by atoms with Gasteiger partial charge >= 0.3 is 0 Å². The Morgan fingerprint density at radius 3 is 2.83 bits per heavy atom. The average molecular weight is 164 g/mol. The van der Waals surface area contributed by atoms with Crippen LogP contribution in [0.15, 0.2) is 0 Å². The molecule has 0 aromatic rings. The number of ketones is 1. The maximum Gasteiger partial charge on any atom is 0.140 e. The Morgan fingerprint density at radius 2 is 2.17 bits per heavy atom. The molecule has 0 saturated heterocycles. The average Bonchev–Trinajstić information content (AvgIpc) is 2.44. The van der Waals surface area contributed by atoms with Crippen LogP contribution < -0.4 is 0 Å². The third-order valence-electron chi connectivity index (χ3n) is 4.16. The van der Waals surface area contributed by atoms with Crippen molar-refractivity contribution in [3.63, 3.8) is 0 Å². The third-order valence-corrected chi connectivity index (χ3v) is 4.16. The van der Waals surface area contributed by atoms with Crippen LogP contribution in [0.1, 0.15) is 25.7 Å². The molecule has 12 heavy (non-hydrogen) atoms. The van der Waals surface area contributed by atoms with Gasteiger partial charge in [-0.05, 0) is 31.6 Å². The Balaban J connectivity index is 2.10. The summed E-state index contributed by atoms with van der Waals surface area (Å²) in [5.41, 5.74) is -0.190. The van der Waals surface area contributed by atoms with Crippen LogP contribution in [0.4, 0.5) is 0 Å². The first-order chi connectivity index (χ1) is 5.75. The van der Waals surface area contributed by atoms with E-state index in [1.807, 2.05) is 0 Å². The van der Waals surface area contributed by atoms with E-state index < -0.39 is 0 Å². The number of Topliss-reactive ketones (excluding diaryl/α,β-unsaturated/α-hetero) is 1. The largest absolute Gasteiger partial charge is 0.303 e. The molecule has 2 nitrogen and oxygen atoms in total. The second-order valence-electron chi connectivity index (χ2n) is 4.75. The van der Waals surface area contributed by atoms with Crippen LogP contribution in [-0.4, -0.2) is 12.1 Å². The highest BCUT2D eigenvalue weighted by molar-refractivity contribution is 5.92. The first kappa shape index (κ1) is 6.81. The molecular weight excluding hydrogens is 152 g/mol. The fourth-order valence-corrected chi connectivity index (χ4v) is 3.76. The fraction of sp³-hybridized carbons (Fsp3) is 0.800. The second-order valence-corrected chi connectivity index (χ2v) is 4.75. The van der Waals surface area contributed by atoms with Crippen molar-refractivity contribution in [3.8, 4) is 0 Å². The Morgan fingerprint density at radius 1 is 1.33 bits per heavy atom. The van der Waals surface area contributed by atoms with Crippen molar-refractivity contribution in [1.29, 1.82) is 0 Å². The maximum absolute atomic E-state index is 11.6. The normalized spacial score (nSPS) is 55.0. The van der Waals surface area contributed by atoms with Gasteiger partial charge in [0.1, 0.15) is 12.1 Å². The highest BCUT2D eigenvalue weighted by Gasteiger charge is 2.62. The van der Waals surface area contributed by atoms with Gasteiger partial charge in [-0.15, -0.1) is 0 Å². The number of carbonyl (C=O) groups excluding carboxylic acids is 2. The van der Waals surface area contributed by atoms with Gasteiger partial charge in [0.2, 0.25) is 0 Å². The summed E-state index contributed by atoms with van der Waals surface area (Å²) >= 11 is 0. The molecule has 4 fully saturated rings. The van der Waals surface area contributed by atoms with Crippen LogP contribution in [-0.2, 0) is 9.59 Å². The molecule has 64 valence electrons. The summed E-state index contributed by atoms with van der Waals surface area (Å²) in [4.78, 5) is 22.6. The minimum atomic E-state index is -0.190. The van der Waals surface area contributed by atoms with Gasteiger partial charge in [0.15, 0.2) is 0 Å². The SMILES string of the molecule is O=CC12CC3CC(C1)C(=O)C2C3. The van der Waals surface area contributed by atoms with E-state index in [9.17, 15) is 9.59 Å². The van der Waals surface area contributed by atoms with Crippen molar-refractivity contribution in [1.82, 2.24) is 0 Å². The molecule has 0 N–H and O–H groups in total. The first-order valence-electron chi connectivity index (χ1n) is 4.75. The molecule has 0 amide bonds. The summed E-state index contributed by atoms with van der Waals surface area (Å²) in [5, 5.41) is 0. The van der Waals surface area contributed by atoms with Gasteiger partial charge in [-0.1, -0.05) is 0 Å². The Bertz CT molecular complexity index is 271. The highest BCUT2D eigenvalue weighted by Crippen LogP contribution is 2.62. The van der Waals surface area contributed by atoms with Gasteiger partial charge in [0.05, 0.1) is 0 Å². The van der Waals surface area contributed by atoms with Crippen LogP contribution >= 0.6 is 0 Å². The molecule has 0 spiro atoms. The predicted molar refractivity (Wildman–Crippen MR) is 42.4 cm³/mol. The third kappa shape index (κ3) is 0.551. The fourth-order valence-electron chi connectivity index (χ4n) is 3.76. The second kappa shape index (κ2) is 1.81. The van der Waals surface area contributed by atoms with Crippen molar-refractivity contribution in [2.24, 2.45) is 23.2 Å². The number of aldehydes is 1. The molecule has 4 saturated carbocycles. The molecular formula is C10H12O2. The van der Waals surface area contributed by atoms with E-state index in [1.54, 1.807) is 0 Å². The molecule has 0 heterocycles. The predicted octanol–water partition coefficient (Wildman–Crippen LogP) is 1.19. The van der Waals surface area contributed by atoms with Crippen LogP contribution in [0.5, 0.6) is 0 Å². The molecule has 0 aromatic carbocycles. The van der Waals surface area contributed by atoms with Crippen LogP contribution in [0.25, 0.3) is 0 Å². The molecule has 4 aliphatic carbocycles. The van der Waals surface area contributed by atoms with E-state index in [1.165, 1.54) is 0 Å². The topological polar surface area (TPSA) is 34.1 Å². The molecule has 4 aliphatic rings. The van der Waals surface area contributed by atoms with Crippen LogP contribution in [0, 0.1) is 23.2 Å². The van der Waals surface area contributed by atoms with Gasteiger partial charge in [0.25, 0.3) is 0 Å². The molecule has 4 atom stereocenters. The number of carbonyl (C=O) groups is 2. The quantitative estimate of drug-likeness (QED) is 0.545. The van der Waals surface area contributed by atoms with Crippen molar-refractivity contribution < 1.29 is 9.59 Å². The molecule has 4 bridgehead atoms. The minimum absolute atomic E-state index is 0.124. The summed E-state index contributed by atoms with van der Waals surface area (Å²) in [6, 6.07) is 0. The summed E-state index contributed by atoms with van der Waals surface area (Å²) in [5.74, 6) is 1.47. The molecule has 4 rings (SSSR count). The number of hydrogen-bond donors (Lipinski definition) is 0. The first-order valence-corrected chi connectivity index (χ1v) is 4.75. The van der Waals surface area contributed by atoms with Crippen molar-refractivity contribution in [2.75, 3.05) is 0 Å². The Labute approximate surface area is 71.3 Å². The van der Waals surface area contributed by atoms with Crippen molar-refractivity contribution >= 4 is 12.1 Å². The van der Waals surface area contributed by atoms with Gasteiger partial charge in [-0.2, -0.15) is 0 Å². The summed E-state index contributed by atoms with van der Waals surface area (Å²) < 4.78 is 0. The monoisotopic (exact) mass is 164 g/mol. The van der Waals surface area contributed by atoms with E-state index in [0.717, 1.165) is 32.0 Å². The lowest BCUT2D eigenvalue weighted by Crippen LogP contribution is -2.24. The lowest BCUT2D eigenvalue weighted by molar-refractivity contribution is -0.127. The Hall–Kier alpha value is -0.660. The van der Waals surface area contributed by atoms with Crippen molar-refractivity contribution in [3.05, 3.63) is 0 Å². The van der Waals surface area contributed by atoms with E-state index in [0.29, 0.717) is 11.7 Å². The van der Waals surface area contributed by atoms with E-state index in [2.05, 4.69) is 0 Å². The molecule has 0 radical (unpaired) electrons. The lowest BCUT2D eigenvalue weighted by Gasteiger charge is -2.26. The van der Waals surface area contributed by atoms with Crippen LogP contribution in [0.3, 0.4) is 0 Å². The summed E-state index contributed by atoms with van der Waals surface area (Å²) in [6.07, 6.45) is 5.04. The zero-order valence-corrected chi connectivity index (χ0v) is 6.95. The zero-order chi connectivity index (χ0) is 8.34. The Kier molecular flexibility index (Phi) is 1.03. The highest BCUT2D eigenvalue weighted by atomic mass is 16.1. The van der Waals surface area contributed by atoms with E-state index >= 15 is 0 Å². The van der Waals surface area contributed by atoms with E-state index in [-0.39, 0.29) is 17.3 Å².